The van der Waals surface area contributed by atoms with Crippen molar-refractivity contribution in [3.05, 3.63) is 75.3 Å². The first-order valence-electron chi connectivity index (χ1n) is 11.6. The molecule has 0 radical (unpaired) electrons. The van der Waals surface area contributed by atoms with Gasteiger partial charge in [0.1, 0.15) is 18.1 Å². The summed E-state index contributed by atoms with van der Waals surface area (Å²) in [5.41, 5.74) is -0.0647. The predicted octanol–water partition coefficient (Wildman–Crippen LogP) is 2.65. The van der Waals surface area contributed by atoms with Crippen LogP contribution in [0.15, 0.2) is 51.7 Å². The van der Waals surface area contributed by atoms with Crippen molar-refractivity contribution in [3.63, 3.8) is 0 Å². The molecule has 0 unspecified atom stereocenters. The van der Waals surface area contributed by atoms with Gasteiger partial charge >= 0.3 is 11.6 Å². The number of benzene rings is 2. The number of methoxy groups -OCH3 is 3. The lowest BCUT2D eigenvalue weighted by Crippen LogP contribution is -2.29. The van der Waals surface area contributed by atoms with Crippen molar-refractivity contribution in [3.8, 4) is 23.0 Å². The topological polar surface area (TPSA) is 174 Å². The van der Waals surface area contributed by atoms with E-state index in [9.17, 15) is 24.3 Å². The first-order chi connectivity index (χ1) is 18.6. The van der Waals surface area contributed by atoms with Crippen molar-refractivity contribution in [1.29, 1.82) is 0 Å². The third-order valence-corrected chi connectivity index (χ3v) is 5.77. The van der Waals surface area contributed by atoms with Crippen LogP contribution >= 0.6 is 0 Å². The Morgan fingerprint density at radius 1 is 0.974 bits per heavy atom. The van der Waals surface area contributed by atoms with Crippen molar-refractivity contribution in [2.75, 3.05) is 33.2 Å². The molecule has 206 valence electrons. The molecule has 2 aromatic carbocycles. The quantitative estimate of drug-likeness (QED) is 0.283. The average Bonchev–Trinajstić information content (AvgIpc) is 2.89. The maximum Gasteiger partial charge on any atom is 0.343 e. The van der Waals surface area contributed by atoms with Crippen LogP contribution in [0.4, 0.5) is 5.69 Å². The van der Waals surface area contributed by atoms with Gasteiger partial charge in [-0.1, -0.05) is 6.07 Å². The second kappa shape index (κ2) is 12.5. The van der Waals surface area contributed by atoms with E-state index < -0.39 is 35.9 Å². The molecule has 39 heavy (non-hydrogen) atoms. The zero-order chi connectivity index (χ0) is 28.7. The number of carbonyl (C=O) groups is 3. The zero-order valence-corrected chi connectivity index (χ0v) is 21.7. The highest BCUT2D eigenvalue weighted by Crippen LogP contribution is 2.46. The van der Waals surface area contributed by atoms with E-state index in [2.05, 4.69) is 10.6 Å². The van der Waals surface area contributed by atoms with Gasteiger partial charge in [-0.2, -0.15) is 0 Å². The Balaban J connectivity index is 1.96. The van der Waals surface area contributed by atoms with Crippen LogP contribution in [0.1, 0.15) is 39.6 Å². The minimum absolute atomic E-state index is 0.147. The largest absolute Gasteiger partial charge is 0.507 e. The highest BCUT2D eigenvalue weighted by Gasteiger charge is 2.30. The minimum atomic E-state index is -1.18. The lowest BCUT2D eigenvalue weighted by Gasteiger charge is -2.22. The summed E-state index contributed by atoms with van der Waals surface area (Å²) in [5.74, 6) is -2.68. The van der Waals surface area contributed by atoms with Gasteiger partial charge in [0, 0.05) is 35.2 Å². The summed E-state index contributed by atoms with van der Waals surface area (Å²) in [4.78, 5) is 48.7. The van der Waals surface area contributed by atoms with Crippen LogP contribution in [0.3, 0.4) is 0 Å². The molecule has 0 aliphatic heterocycles. The molecule has 12 heteroatoms. The van der Waals surface area contributed by atoms with Crippen LogP contribution in [-0.2, 0) is 9.59 Å². The maximum atomic E-state index is 13.2. The summed E-state index contributed by atoms with van der Waals surface area (Å²) in [6, 6.07) is 10.2. The fourth-order valence-corrected chi connectivity index (χ4v) is 4.05. The molecule has 1 aromatic heterocycles. The van der Waals surface area contributed by atoms with Crippen LogP contribution < -0.4 is 30.5 Å². The molecule has 3 rings (SSSR count). The number of carboxylic acid groups (broad SMARTS) is 1. The number of anilines is 1. The molecular weight excluding hydrogens is 512 g/mol. The SMILES string of the molecule is COc1ccc([C@@H](CC(=O)Nc2ccc(C(=O)NCC(=O)O)cc2)c2c(O)cc(C)oc2=O)c(OC)c1OC. The highest BCUT2D eigenvalue weighted by molar-refractivity contribution is 5.97. The Hall–Kier alpha value is -5.00. The normalized spacial score (nSPS) is 11.3. The molecule has 0 spiro atoms. The van der Waals surface area contributed by atoms with Crippen molar-refractivity contribution in [2.24, 2.45) is 0 Å². The van der Waals surface area contributed by atoms with Gasteiger partial charge in [-0.05, 0) is 37.3 Å². The molecule has 1 atom stereocenters. The number of carbonyl (C=O) groups excluding carboxylic acids is 2. The van der Waals surface area contributed by atoms with Crippen molar-refractivity contribution in [1.82, 2.24) is 5.32 Å². The lowest BCUT2D eigenvalue weighted by atomic mass is 9.87. The molecule has 0 saturated carbocycles. The van der Waals surface area contributed by atoms with Crippen molar-refractivity contribution in [2.45, 2.75) is 19.3 Å². The fraction of sp³-hybridized carbons (Fsp3) is 0.259. The molecule has 0 aliphatic rings. The van der Waals surface area contributed by atoms with Gasteiger partial charge < -0.3 is 39.5 Å². The van der Waals surface area contributed by atoms with Crippen molar-refractivity contribution < 1.29 is 43.2 Å². The zero-order valence-electron chi connectivity index (χ0n) is 21.7. The van der Waals surface area contributed by atoms with E-state index >= 15 is 0 Å². The summed E-state index contributed by atoms with van der Waals surface area (Å²) >= 11 is 0. The number of aryl methyl sites for hydroxylation is 1. The molecule has 3 aromatic rings. The number of amides is 2. The van der Waals surface area contributed by atoms with Crippen LogP contribution in [-0.4, -0.2) is 55.9 Å². The molecule has 0 fully saturated rings. The lowest BCUT2D eigenvalue weighted by molar-refractivity contribution is -0.135. The second-order valence-corrected chi connectivity index (χ2v) is 8.33. The summed E-state index contributed by atoms with van der Waals surface area (Å²) < 4.78 is 21.5. The summed E-state index contributed by atoms with van der Waals surface area (Å²) in [6.45, 7) is 0.980. The van der Waals surface area contributed by atoms with E-state index in [1.165, 1.54) is 58.6 Å². The Kier molecular flexibility index (Phi) is 9.15. The monoisotopic (exact) mass is 540 g/mol. The van der Waals surface area contributed by atoms with E-state index in [0.717, 1.165) is 0 Å². The summed E-state index contributed by atoms with van der Waals surface area (Å²) in [5, 5.41) is 24.3. The first kappa shape index (κ1) is 28.6. The number of carboxylic acids is 1. The Labute approximate surface area is 223 Å². The summed E-state index contributed by atoms with van der Waals surface area (Å²) in [7, 11) is 4.25. The Bertz CT molecular complexity index is 1430. The van der Waals surface area contributed by atoms with Gasteiger partial charge in [-0.15, -0.1) is 0 Å². The molecular formula is C27H28N2O10. The van der Waals surface area contributed by atoms with Gasteiger partial charge in [-0.25, -0.2) is 4.79 Å². The number of rotatable bonds is 11. The number of hydrogen-bond donors (Lipinski definition) is 4. The standard InChI is InChI=1S/C27H28N2O10/c1-14-11-19(30)23(27(35)39-14)18(17-9-10-20(36-2)25(38-4)24(17)37-3)12-21(31)29-16-7-5-15(6-8-16)26(34)28-13-22(32)33/h5-11,18,30H,12-13H2,1-4H3,(H,28,34)(H,29,31)(H,32,33)/t18-/m1/s1. The van der Waals surface area contributed by atoms with E-state index in [4.69, 9.17) is 23.7 Å². The molecule has 1 heterocycles. The summed E-state index contributed by atoms with van der Waals surface area (Å²) in [6.07, 6.45) is -0.311. The third-order valence-electron chi connectivity index (χ3n) is 5.77. The predicted molar refractivity (Wildman–Crippen MR) is 139 cm³/mol. The number of aromatic hydroxyl groups is 1. The van der Waals surface area contributed by atoms with E-state index in [1.807, 2.05) is 0 Å². The van der Waals surface area contributed by atoms with E-state index in [-0.39, 0.29) is 40.6 Å². The molecule has 4 N–H and O–H groups in total. The number of aliphatic carboxylic acids is 1. The molecule has 12 nitrogen and oxygen atoms in total. The van der Waals surface area contributed by atoms with Crippen molar-refractivity contribution >= 4 is 23.5 Å². The van der Waals surface area contributed by atoms with Crippen LogP contribution in [0.2, 0.25) is 0 Å². The first-order valence-corrected chi connectivity index (χ1v) is 11.6. The van der Waals surface area contributed by atoms with Gasteiger partial charge in [0.15, 0.2) is 11.5 Å². The van der Waals surface area contributed by atoms with Gasteiger partial charge in [0.2, 0.25) is 11.7 Å². The molecule has 2 amide bonds. The van der Waals surface area contributed by atoms with Gasteiger partial charge in [0.05, 0.1) is 26.9 Å². The molecule has 0 saturated heterocycles. The van der Waals surface area contributed by atoms with Crippen LogP contribution in [0, 0.1) is 6.92 Å². The van der Waals surface area contributed by atoms with Gasteiger partial charge in [-0.3, -0.25) is 14.4 Å². The molecule has 0 bridgehead atoms. The number of nitrogens with one attached hydrogen (secondary N) is 2. The number of hydrogen-bond acceptors (Lipinski definition) is 9. The van der Waals surface area contributed by atoms with E-state index in [1.54, 1.807) is 12.1 Å². The smallest absolute Gasteiger partial charge is 0.343 e. The minimum Gasteiger partial charge on any atom is -0.507 e. The van der Waals surface area contributed by atoms with Crippen LogP contribution in [0.25, 0.3) is 0 Å². The second-order valence-electron chi connectivity index (χ2n) is 8.33. The average molecular weight is 541 g/mol. The van der Waals surface area contributed by atoms with Gasteiger partial charge in [0.25, 0.3) is 5.91 Å². The number of ether oxygens (including phenoxy) is 3. The third kappa shape index (κ3) is 6.66. The Morgan fingerprint density at radius 2 is 1.64 bits per heavy atom. The highest BCUT2D eigenvalue weighted by atomic mass is 16.5. The maximum absolute atomic E-state index is 13.2. The molecule has 0 aliphatic carbocycles. The van der Waals surface area contributed by atoms with Crippen LogP contribution in [0.5, 0.6) is 23.0 Å². The fourth-order valence-electron chi connectivity index (χ4n) is 4.05. The Morgan fingerprint density at radius 3 is 2.21 bits per heavy atom. The van der Waals surface area contributed by atoms with E-state index in [0.29, 0.717) is 17.0 Å².